The molecule has 0 bridgehead atoms. The molecule has 0 aliphatic carbocycles. The van der Waals surface area contributed by atoms with Gasteiger partial charge in [0.25, 0.3) is 5.91 Å². The summed E-state index contributed by atoms with van der Waals surface area (Å²) in [5.74, 6) is 0.810. The van der Waals surface area contributed by atoms with Crippen LogP contribution in [0.1, 0.15) is 78.2 Å². The number of aromatic nitrogens is 3. The first kappa shape index (κ1) is 21.4. The van der Waals surface area contributed by atoms with Crippen LogP contribution in [0.4, 0.5) is 5.82 Å². The van der Waals surface area contributed by atoms with Crippen molar-refractivity contribution < 1.29 is 4.79 Å². The molecular formula is C26H30N6O. The summed E-state index contributed by atoms with van der Waals surface area (Å²) in [4.78, 5) is 22.8. The Labute approximate surface area is 194 Å². The molecule has 2 aromatic heterocycles. The minimum atomic E-state index is -0.243. The van der Waals surface area contributed by atoms with Gasteiger partial charge in [0, 0.05) is 43.0 Å². The van der Waals surface area contributed by atoms with Crippen LogP contribution in [0.15, 0.2) is 36.5 Å². The predicted octanol–water partition coefficient (Wildman–Crippen LogP) is 4.63. The Bertz CT molecular complexity index is 1220. The van der Waals surface area contributed by atoms with Crippen LogP contribution < -0.4 is 4.90 Å². The van der Waals surface area contributed by atoms with E-state index < -0.39 is 0 Å². The van der Waals surface area contributed by atoms with E-state index in [1.54, 1.807) is 0 Å². The summed E-state index contributed by atoms with van der Waals surface area (Å²) in [5, 5.41) is 14.1. The zero-order valence-electron chi connectivity index (χ0n) is 19.4. The predicted molar refractivity (Wildman–Crippen MR) is 127 cm³/mol. The number of hydrogen-bond donors (Lipinski definition) is 0. The van der Waals surface area contributed by atoms with E-state index >= 15 is 0 Å². The molecule has 7 nitrogen and oxygen atoms in total. The van der Waals surface area contributed by atoms with Gasteiger partial charge in [-0.25, -0.2) is 9.50 Å². The quantitative estimate of drug-likeness (QED) is 0.589. The van der Waals surface area contributed by atoms with Gasteiger partial charge in [0.05, 0.1) is 23.7 Å². The maximum absolute atomic E-state index is 13.5. The average Bonchev–Trinajstić information content (AvgIpc) is 3.52. The topological polar surface area (TPSA) is 77.5 Å². The van der Waals surface area contributed by atoms with E-state index in [9.17, 15) is 10.1 Å². The molecule has 0 spiro atoms. The number of aryl methyl sites for hydroxylation is 1. The number of carbonyl (C=O) groups is 1. The van der Waals surface area contributed by atoms with Crippen molar-refractivity contribution in [1.29, 1.82) is 5.26 Å². The number of rotatable bonds is 4. The molecule has 2 saturated heterocycles. The zero-order chi connectivity index (χ0) is 22.9. The molecule has 3 aromatic rings. The van der Waals surface area contributed by atoms with Crippen molar-refractivity contribution in [3.8, 4) is 6.07 Å². The molecule has 2 atom stereocenters. The molecule has 170 valence electrons. The summed E-state index contributed by atoms with van der Waals surface area (Å²) in [6.45, 7) is 6.77. The van der Waals surface area contributed by atoms with Gasteiger partial charge in [-0.1, -0.05) is 12.1 Å². The first-order valence-corrected chi connectivity index (χ1v) is 12.0. The summed E-state index contributed by atoms with van der Waals surface area (Å²) in [6.07, 6.45) is 7.43. The number of carbonyl (C=O) groups excluding carboxylic acids is 1. The van der Waals surface area contributed by atoms with Gasteiger partial charge in [-0.3, -0.25) is 4.79 Å². The number of piperidine rings is 1. The third-order valence-electron chi connectivity index (χ3n) is 6.96. The molecule has 2 fully saturated rings. The van der Waals surface area contributed by atoms with Gasteiger partial charge in [-0.05, 0) is 63.6 Å². The maximum Gasteiger partial charge on any atom is 0.254 e. The number of hydrogen-bond acceptors (Lipinski definition) is 5. The molecule has 33 heavy (non-hydrogen) atoms. The summed E-state index contributed by atoms with van der Waals surface area (Å²) in [5.41, 5.74) is 4.36. The van der Waals surface area contributed by atoms with Crippen molar-refractivity contribution in [3.63, 3.8) is 0 Å². The highest BCUT2D eigenvalue weighted by Crippen LogP contribution is 2.33. The highest BCUT2D eigenvalue weighted by molar-refractivity contribution is 5.94. The molecule has 2 aliphatic heterocycles. The summed E-state index contributed by atoms with van der Waals surface area (Å²) in [7, 11) is 0. The first-order chi connectivity index (χ1) is 16.0. The maximum atomic E-state index is 13.5. The van der Waals surface area contributed by atoms with Crippen LogP contribution in [0.5, 0.6) is 0 Å². The molecule has 4 heterocycles. The van der Waals surface area contributed by atoms with Crippen molar-refractivity contribution in [1.82, 2.24) is 19.5 Å². The van der Waals surface area contributed by atoms with Crippen molar-refractivity contribution in [2.45, 2.75) is 57.9 Å². The lowest BCUT2D eigenvalue weighted by Crippen LogP contribution is -2.38. The van der Waals surface area contributed by atoms with Gasteiger partial charge in [0.1, 0.15) is 5.82 Å². The van der Waals surface area contributed by atoms with Crippen molar-refractivity contribution >= 4 is 17.4 Å². The third-order valence-corrected chi connectivity index (χ3v) is 6.96. The minimum absolute atomic E-state index is 0.00522. The Morgan fingerprint density at radius 1 is 1.15 bits per heavy atom. The van der Waals surface area contributed by atoms with Crippen LogP contribution in [0.3, 0.4) is 0 Å². The van der Waals surface area contributed by atoms with Crippen LogP contribution in [-0.4, -0.2) is 45.0 Å². The summed E-state index contributed by atoms with van der Waals surface area (Å²) < 4.78 is 1.86. The molecular weight excluding hydrogens is 412 g/mol. The second-order valence-electron chi connectivity index (χ2n) is 9.30. The van der Waals surface area contributed by atoms with E-state index in [0.29, 0.717) is 12.1 Å². The van der Waals surface area contributed by atoms with E-state index in [2.05, 4.69) is 24.1 Å². The van der Waals surface area contributed by atoms with Gasteiger partial charge >= 0.3 is 0 Å². The van der Waals surface area contributed by atoms with Crippen molar-refractivity contribution in [2.24, 2.45) is 0 Å². The van der Waals surface area contributed by atoms with Gasteiger partial charge < -0.3 is 9.80 Å². The Balaban J connectivity index is 1.46. The number of fused-ring (bicyclic) bond motifs is 1. The number of nitrogens with zero attached hydrogens (tertiary/aromatic N) is 6. The van der Waals surface area contributed by atoms with Gasteiger partial charge in [0.15, 0.2) is 5.65 Å². The van der Waals surface area contributed by atoms with E-state index in [0.717, 1.165) is 60.6 Å². The molecule has 0 N–H and O–H groups in total. The van der Waals surface area contributed by atoms with E-state index in [4.69, 9.17) is 10.1 Å². The fourth-order valence-corrected chi connectivity index (χ4v) is 5.09. The first-order valence-electron chi connectivity index (χ1n) is 12.0. The second kappa shape index (κ2) is 8.86. The largest absolute Gasteiger partial charge is 0.356 e. The molecule has 1 amide bonds. The van der Waals surface area contributed by atoms with E-state index in [1.807, 2.05) is 46.7 Å². The standard InChI is InChI=1S/C26H30N6O/c1-18(16-27)20-8-7-9-21(14-20)26(33)31-13-4-3-10-23(31)22-15-24-28-25(30-11-5-6-12-30)19(2)17-32(24)29-22/h7-9,14-15,17-18,23H,3-6,10-13H2,1-2H3/t18?,23-/m0/s1. The van der Waals surface area contributed by atoms with Crippen LogP contribution in [0.2, 0.25) is 0 Å². The Morgan fingerprint density at radius 2 is 1.94 bits per heavy atom. The molecule has 0 saturated carbocycles. The number of amides is 1. The Kier molecular flexibility index (Phi) is 5.76. The zero-order valence-corrected chi connectivity index (χ0v) is 19.4. The highest BCUT2D eigenvalue weighted by atomic mass is 16.2. The van der Waals surface area contributed by atoms with Gasteiger partial charge in [-0.2, -0.15) is 10.4 Å². The van der Waals surface area contributed by atoms with Crippen molar-refractivity contribution in [3.05, 3.63) is 58.9 Å². The number of likely N-dealkylation sites (tertiary alicyclic amines) is 1. The van der Waals surface area contributed by atoms with Crippen LogP contribution in [-0.2, 0) is 0 Å². The normalized spacial score (nSPS) is 19.6. The third kappa shape index (κ3) is 4.06. The average molecular weight is 443 g/mol. The minimum Gasteiger partial charge on any atom is -0.356 e. The molecule has 1 aromatic carbocycles. The van der Waals surface area contributed by atoms with E-state index in [1.165, 1.54) is 12.8 Å². The van der Waals surface area contributed by atoms with E-state index in [-0.39, 0.29) is 17.9 Å². The monoisotopic (exact) mass is 442 g/mol. The van der Waals surface area contributed by atoms with Crippen LogP contribution in [0, 0.1) is 18.3 Å². The molecule has 2 aliphatic rings. The SMILES string of the molecule is Cc1cn2nc([C@@H]3CCCCN3C(=O)c3cccc(C(C)C#N)c3)cc2nc1N1CCCC1. The lowest BCUT2D eigenvalue weighted by Gasteiger charge is -2.35. The molecule has 7 heteroatoms. The van der Waals surface area contributed by atoms with Gasteiger partial charge in [0.2, 0.25) is 0 Å². The van der Waals surface area contributed by atoms with Crippen LogP contribution >= 0.6 is 0 Å². The smallest absolute Gasteiger partial charge is 0.254 e. The molecule has 0 radical (unpaired) electrons. The van der Waals surface area contributed by atoms with Crippen molar-refractivity contribution in [2.75, 3.05) is 24.5 Å². The molecule has 1 unspecified atom stereocenters. The molecule has 5 rings (SSSR count). The second-order valence-corrected chi connectivity index (χ2v) is 9.30. The number of nitriles is 1. The Hall–Kier alpha value is -3.40. The number of benzene rings is 1. The van der Waals surface area contributed by atoms with Gasteiger partial charge in [-0.15, -0.1) is 0 Å². The van der Waals surface area contributed by atoms with Crippen LogP contribution in [0.25, 0.3) is 5.65 Å². The lowest BCUT2D eigenvalue weighted by atomic mass is 9.96. The summed E-state index contributed by atoms with van der Waals surface area (Å²) in [6, 6.07) is 11.7. The highest BCUT2D eigenvalue weighted by Gasteiger charge is 2.31. The fraction of sp³-hybridized carbons (Fsp3) is 0.462. The lowest BCUT2D eigenvalue weighted by molar-refractivity contribution is 0.0605. The number of anilines is 1. The Morgan fingerprint density at radius 3 is 2.73 bits per heavy atom. The fourth-order valence-electron chi connectivity index (χ4n) is 5.09. The summed E-state index contributed by atoms with van der Waals surface area (Å²) >= 11 is 0.